The lowest BCUT2D eigenvalue weighted by atomic mass is 10.00. The van der Waals surface area contributed by atoms with E-state index in [1.807, 2.05) is 24.3 Å². The zero-order valence-electron chi connectivity index (χ0n) is 15.6. The molecule has 28 heavy (non-hydrogen) atoms. The molecular formula is C22H20N4O2. The maximum atomic E-state index is 12.8. The maximum Gasteiger partial charge on any atom is 0.274 e. The second-order valence-corrected chi connectivity index (χ2v) is 6.79. The van der Waals surface area contributed by atoms with Crippen molar-refractivity contribution in [3.05, 3.63) is 83.3 Å². The van der Waals surface area contributed by atoms with Crippen LogP contribution in [0.1, 0.15) is 38.9 Å². The second kappa shape index (κ2) is 7.60. The molecule has 3 aromatic rings. The minimum atomic E-state index is -0.112. The van der Waals surface area contributed by atoms with Crippen molar-refractivity contribution in [2.75, 3.05) is 11.9 Å². The first-order chi connectivity index (χ1) is 13.6. The lowest BCUT2D eigenvalue weighted by molar-refractivity contribution is 0.0728. The summed E-state index contributed by atoms with van der Waals surface area (Å²) in [7, 11) is 0. The van der Waals surface area contributed by atoms with Crippen molar-refractivity contribution in [3.8, 4) is 0 Å². The van der Waals surface area contributed by atoms with Gasteiger partial charge in [0.2, 0.25) is 0 Å². The van der Waals surface area contributed by atoms with Crippen LogP contribution in [0.15, 0.2) is 60.9 Å². The summed E-state index contributed by atoms with van der Waals surface area (Å²) in [5.74, 6) is 0.449. The first-order valence-corrected chi connectivity index (χ1v) is 9.16. The standard InChI is InChI=1S/C22H20N4O2/c1-15(27)16-6-8-19(9-7-16)25-21-13-23-20(12-24-21)22(28)26-11-10-17-4-2-3-5-18(17)14-26/h2-9,12-13H,10-11,14H2,1H3,(H,24,25). The van der Waals surface area contributed by atoms with Crippen molar-refractivity contribution in [2.24, 2.45) is 0 Å². The van der Waals surface area contributed by atoms with Gasteiger partial charge in [0.1, 0.15) is 11.5 Å². The van der Waals surface area contributed by atoms with Gasteiger partial charge in [-0.25, -0.2) is 9.97 Å². The van der Waals surface area contributed by atoms with Crippen LogP contribution in [0.5, 0.6) is 0 Å². The van der Waals surface area contributed by atoms with E-state index in [0.717, 1.165) is 12.1 Å². The summed E-state index contributed by atoms with van der Waals surface area (Å²) in [6.45, 7) is 2.81. The third kappa shape index (κ3) is 3.76. The Hall–Kier alpha value is -3.54. The minimum Gasteiger partial charge on any atom is -0.339 e. The summed E-state index contributed by atoms with van der Waals surface area (Å²) < 4.78 is 0. The van der Waals surface area contributed by atoms with Crippen molar-refractivity contribution in [1.82, 2.24) is 14.9 Å². The monoisotopic (exact) mass is 372 g/mol. The molecule has 0 aliphatic carbocycles. The van der Waals surface area contributed by atoms with Crippen LogP contribution in [0.4, 0.5) is 11.5 Å². The van der Waals surface area contributed by atoms with Crippen LogP contribution < -0.4 is 5.32 Å². The quantitative estimate of drug-likeness (QED) is 0.708. The van der Waals surface area contributed by atoms with Crippen LogP contribution >= 0.6 is 0 Å². The second-order valence-electron chi connectivity index (χ2n) is 6.79. The van der Waals surface area contributed by atoms with Gasteiger partial charge >= 0.3 is 0 Å². The molecule has 1 amide bonds. The van der Waals surface area contributed by atoms with Crippen LogP contribution in [0, 0.1) is 0 Å². The number of nitrogens with one attached hydrogen (secondary N) is 1. The van der Waals surface area contributed by atoms with E-state index in [1.54, 1.807) is 23.2 Å². The molecule has 1 aliphatic rings. The fourth-order valence-corrected chi connectivity index (χ4v) is 3.27. The van der Waals surface area contributed by atoms with Crippen molar-refractivity contribution >= 4 is 23.2 Å². The van der Waals surface area contributed by atoms with Crippen LogP contribution in [-0.2, 0) is 13.0 Å². The third-order valence-corrected chi connectivity index (χ3v) is 4.85. The highest BCUT2D eigenvalue weighted by molar-refractivity contribution is 5.94. The van der Waals surface area contributed by atoms with Gasteiger partial charge in [-0.05, 0) is 48.7 Å². The number of amides is 1. The average molecular weight is 372 g/mol. The molecule has 1 aromatic heterocycles. The Morgan fingerprint density at radius 2 is 1.71 bits per heavy atom. The molecule has 0 unspecified atom stereocenters. The Morgan fingerprint density at radius 1 is 0.964 bits per heavy atom. The van der Waals surface area contributed by atoms with Crippen LogP contribution in [0.25, 0.3) is 0 Å². The molecule has 2 aromatic carbocycles. The van der Waals surface area contributed by atoms with Crippen LogP contribution in [-0.4, -0.2) is 33.1 Å². The number of fused-ring (bicyclic) bond motifs is 1. The van der Waals surface area contributed by atoms with Gasteiger partial charge in [0.05, 0.1) is 12.4 Å². The summed E-state index contributed by atoms with van der Waals surface area (Å²) in [4.78, 5) is 34.5. The number of anilines is 2. The SMILES string of the molecule is CC(=O)c1ccc(Nc2cnc(C(=O)N3CCc4ccccc4C3)cn2)cc1. The van der Waals surface area contributed by atoms with Crippen LogP contribution in [0.3, 0.4) is 0 Å². The number of carbonyl (C=O) groups excluding carboxylic acids is 2. The van der Waals surface area contributed by atoms with Crippen molar-refractivity contribution in [2.45, 2.75) is 19.9 Å². The predicted octanol–water partition coefficient (Wildman–Crippen LogP) is 3.62. The summed E-state index contributed by atoms with van der Waals surface area (Å²) in [6.07, 6.45) is 3.89. The minimum absolute atomic E-state index is 0.0227. The topological polar surface area (TPSA) is 75.2 Å². The van der Waals surface area contributed by atoms with Crippen LogP contribution in [0.2, 0.25) is 0 Å². The van der Waals surface area contributed by atoms with Gasteiger partial charge in [0.25, 0.3) is 5.91 Å². The number of hydrogen-bond donors (Lipinski definition) is 1. The number of benzene rings is 2. The number of nitrogens with zero attached hydrogens (tertiary/aromatic N) is 3. The molecule has 6 nitrogen and oxygen atoms in total. The first kappa shape index (κ1) is 17.9. The molecule has 0 bridgehead atoms. The van der Waals surface area contributed by atoms with E-state index in [4.69, 9.17) is 0 Å². The summed E-state index contributed by atoms with van der Waals surface area (Å²) >= 11 is 0. The molecule has 2 heterocycles. The van der Waals surface area contributed by atoms with Crippen molar-refractivity contribution in [1.29, 1.82) is 0 Å². The molecule has 0 radical (unpaired) electrons. The smallest absolute Gasteiger partial charge is 0.274 e. The molecular weight excluding hydrogens is 352 g/mol. The van der Waals surface area contributed by atoms with Crippen molar-refractivity contribution in [3.63, 3.8) is 0 Å². The first-order valence-electron chi connectivity index (χ1n) is 9.16. The summed E-state index contributed by atoms with van der Waals surface area (Å²) in [5.41, 5.74) is 4.26. The summed E-state index contributed by atoms with van der Waals surface area (Å²) in [5, 5.41) is 3.12. The van der Waals surface area contributed by atoms with Gasteiger partial charge in [-0.1, -0.05) is 24.3 Å². The highest BCUT2D eigenvalue weighted by atomic mass is 16.2. The van der Waals surface area contributed by atoms with E-state index in [2.05, 4.69) is 27.4 Å². The lowest BCUT2D eigenvalue weighted by Crippen LogP contribution is -2.36. The highest BCUT2D eigenvalue weighted by Crippen LogP contribution is 2.20. The zero-order chi connectivity index (χ0) is 19.5. The molecule has 140 valence electrons. The van der Waals surface area contributed by atoms with E-state index in [-0.39, 0.29) is 11.7 Å². The number of Topliss-reactive ketones (excluding diaryl/α,β-unsaturated/α-hetero) is 1. The van der Waals surface area contributed by atoms with Gasteiger partial charge in [0.15, 0.2) is 5.78 Å². The van der Waals surface area contributed by atoms with Crippen molar-refractivity contribution < 1.29 is 9.59 Å². The summed E-state index contributed by atoms with van der Waals surface area (Å²) in [6, 6.07) is 15.3. The van der Waals surface area contributed by atoms with E-state index in [0.29, 0.717) is 30.2 Å². The highest BCUT2D eigenvalue weighted by Gasteiger charge is 2.22. The third-order valence-electron chi connectivity index (χ3n) is 4.85. The van der Waals surface area contributed by atoms with Gasteiger partial charge < -0.3 is 10.2 Å². The average Bonchev–Trinajstić information content (AvgIpc) is 2.74. The van der Waals surface area contributed by atoms with E-state index in [9.17, 15) is 9.59 Å². The zero-order valence-corrected chi connectivity index (χ0v) is 15.6. The normalized spacial score (nSPS) is 13.0. The van der Waals surface area contributed by atoms with Gasteiger partial charge in [-0.3, -0.25) is 9.59 Å². The molecule has 1 N–H and O–H groups in total. The molecule has 0 atom stereocenters. The Balaban J connectivity index is 1.43. The van der Waals surface area contributed by atoms with Gasteiger partial charge in [0, 0.05) is 24.3 Å². The van der Waals surface area contributed by atoms with E-state index < -0.39 is 0 Å². The number of carbonyl (C=O) groups is 2. The maximum absolute atomic E-state index is 12.8. The Bertz CT molecular complexity index is 1010. The van der Waals surface area contributed by atoms with Gasteiger partial charge in [-0.15, -0.1) is 0 Å². The molecule has 0 fully saturated rings. The number of rotatable bonds is 4. The molecule has 0 spiro atoms. The van der Waals surface area contributed by atoms with Gasteiger partial charge in [-0.2, -0.15) is 0 Å². The predicted molar refractivity (Wildman–Crippen MR) is 107 cm³/mol. The fraction of sp³-hybridized carbons (Fsp3) is 0.182. The number of hydrogen-bond acceptors (Lipinski definition) is 5. The Morgan fingerprint density at radius 3 is 2.39 bits per heavy atom. The molecule has 0 saturated carbocycles. The Labute approximate surface area is 163 Å². The molecule has 6 heteroatoms. The lowest BCUT2D eigenvalue weighted by Gasteiger charge is -2.28. The Kier molecular flexibility index (Phi) is 4.85. The largest absolute Gasteiger partial charge is 0.339 e. The van der Waals surface area contributed by atoms with E-state index in [1.165, 1.54) is 24.2 Å². The molecule has 1 aliphatic heterocycles. The molecule has 0 saturated heterocycles. The fourth-order valence-electron chi connectivity index (χ4n) is 3.27. The van der Waals surface area contributed by atoms with E-state index >= 15 is 0 Å². The number of ketones is 1. The molecule has 4 rings (SSSR count). The number of aromatic nitrogens is 2.